The van der Waals surface area contributed by atoms with Crippen molar-refractivity contribution in [3.8, 4) is 0 Å². The average molecular weight is 353 g/mol. The van der Waals surface area contributed by atoms with Crippen LogP contribution in [0.3, 0.4) is 0 Å². The van der Waals surface area contributed by atoms with E-state index in [4.69, 9.17) is 4.74 Å². The molecule has 0 unspecified atom stereocenters. The summed E-state index contributed by atoms with van der Waals surface area (Å²) in [6.45, 7) is 9.81. The quantitative estimate of drug-likeness (QED) is 0.736. The summed E-state index contributed by atoms with van der Waals surface area (Å²) in [4.78, 5) is 0. The zero-order valence-electron chi connectivity index (χ0n) is 16.6. The van der Waals surface area contributed by atoms with E-state index in [0.717, 1.165) is 39.0 Å². The highest BCUT2D eigenvalue weighted by atomic mass is 16.5. The number of nitrogens with two attached hydrogens (primary N) is 1. The molecule has 1 aliphatic rings. The molecule has 3 rings (SSSR count). The molecule has 0 spiro atoms. The largest absolute Gasteiger partial charge is 0.375 e. The second-order valence-corrected chi connectivity index (χ2v) is 8.24. The number of ether oxygens (including phenoxy) is 1. The molecular weight excluding hydrogens is 318 g/mol. The van der Waals surface area contributed by atoms with E-state index in [1.54, 1.807) is 0 Å². The van der Waals surface area contributed by atoms with E-state index in [2.05, 4.69) is 80.7 Å². The van der Waals surface area contributed by atoms with Crippen molar-refractivity contribution >= 4 is 0 Å². The van der Waals surface area contributed by atoms with Gasteiger partial charge in [0.1, 0.15) is 6.54 Å². The first-order chi connectivity index (χ1) is 12.6. The van der Waals surface area contributed by atoms with E-state index in [9.17, 15) is 0 Å². The highest BCUT2D eigenvalue weighted by molar-refractivity contribution is 5.30. The van der Waals surface area contributed by atoms with Gasteiger partial charge in [-0.1, -0.05) is 67.1 Å². The molecule has 0 aliphatic carbocycles. The van der Waals surface area contributed by atoms with Gasteiger partial charge in [0.2, 0.25) is 0 Å². The van der Waals surface area contributed by atoms with Gasteiger partial charge in [-0.15, -0.1) is 0 Å². The number of hydrogen-bond acceptors (Lipinski definition) is 1. The highest BCUT2D eigenvalue weighted by Gasteiger charge is 2.43. The fourth-order valence-corrected chi connectivity index (χ4v) is 4.35. The molecule has 1 heterocycles. The molecule has 26 heavy (non-hydrogen) atoms. The van der Waals surface area contributed by atoms with E-state index in [1.165, 1.54) is 23.1 Å². The first-order valence-electron chi connectivity index (χ1n) is 10.1. The summed E-state index contributed by atoms with van der Waals surface area (Å²) in [6, 6.07) is 20.0. The third-order valence-corrected chi connectivity index (χ3v) is 6.21. The molecule has 2 N–H and O–H groups in total. The Morgan fingerprint density at radius 1 is 1.04 bits per heavy atom. The third kappa shape index (κ3) is 4.55. The molecule has 2 atom stereocenters. The fraction of sp³-hybridized carbons (Fsp3) is 0.500. The van der Waals surface area contributed by atoms with Crippen molar-refractivity contribution in [2.75, 3.05) is 13.2 Å². The Hall–Kier alpha value is -1.64. The fourth-order valence-electron chi connectivity index (χ4n) is 4.35. The molecular formula is C24H34NO+. The zero-order chi connectivity index (χ0) is 18.5. The maximum absolute atomic E-state index is 6.18. The van der Waals surface area contributed by atoms with Gasteiger partial charge in [0.05, 0.1) is 12.1 Å². The number of aryl methyl sites for hydroxylation is 1. The Morgan fingerprint density at radius 2 is 1.77 bits per heavy atom. The Morgan fingerprint density at radius 3 is 2.46 bits per heavy atom. The second kappa shape index (κ2) is 8.37. The van der Waals surface area contributed by atoms with E-state index in [0.29, 0.717) is 0 Å². The predicted octanol–water partition coefficient (Wildman–Crippen LogP) is 4.37. The second-order valence-electron chi connectivity index (χ2n) is 8.24. The van der Waals surface area contributed by atoms with E-state index < -0.39 is 0 Å². The van der Waals surface area contributed by atoms with Crippen LogP contribution in [0.4, 0.5) is 0 Å². The predicted molar refractivity (Wildman–Crippen MR) is 108 cm³/mol. The lowest BCUT2D eigenvalue weighted by atomic mass is 9.66. The third-order valence-electron chi connectivity index (χ3n) is 6.21. The Balaban J connectivity index is 1.72. The van der Waals surface area contributed by atoms with Crippen molar-refractivity contribution in [2.45, 2.75) is 64.0 Å². The molecule has 0 radical (unpaired) electrons. The molecule has 1 fully saturated rings. The number of rotatable bonds is 7. The summed E-state index contributed by atoms with van der Waals surface area (Å²) < 4.78 is 6.18. The standard InChI is InChI=1S/C24H33NO/c1-4-23(3)19-24(15-17-26-23,22-12-10-20(2)11-13-22)14-16-25-18-21-8-6-5-7-9-21/h5-13,25H,4,14-19H2,1-3H3/p+1/t23-,24-/m0/s1. The van der Waals surface area contributed by atoms with Gasteiger partial charge >= 0.3 is 0 Å². The van der Waals surface area contributed by atoms with Crippen LogP contribution in [-0.4, -0.2) is 18.8 Å². The topological polar surface area (TPSA) is 25.8 Å². The Labute approximate surface area is 159 Å². The number of quaternary nitrogens is 1. The van der Waals surface area contributed by atoms with Crippen molar-refractivity contribution in [1.82, 2.24) is 0 Å². The van der Waals surface area contributed by atoms with Crippen molar-refractivity contribution < 1.29 is 10.1 Å². The van der Waals surface area contributed by atoms with Crippen molar-refractivity contribution in [3.05, 3.63) is 71.3 Å². The van der Waals surface area contributed by atoms with Gasteiger partial charge in [0.15, 0.2) is 0 Å². The lowest BCUT2D eigenvalue weighted by Gasteiger charge is -2.46. The van der Waals surface area contributed by atoms with E-state index in [-0.39, 0.29) is 11.0 Å². The summed E-state index contributed by atoms with van der Waals surface area (Å²) in [6.07, 6.45) is 4.54. The summed E-state index contributed by atoms with van der Waals surface area (Å²) in [5.74, 6) is 0. The SMILES string of the molecule is CC[C@@]1(C)C[C@@](CC[NH2+]Cc2ccccc2)(c2ccc(C)cc2)CCO1. The smallest absolute Gasteiger partial charge is 0.101 e. The molecule has 140 valence electrons. The molecule has 0 aromatic heterocycles. The van der Waals surface area contributed by atoms with E-state index in [1.807, 2.05) is 0 Å². The van der Waals surface area contributed by atoms with Crippen LogP contribution >= 0.6 is 0 Å². The van der Waals surface area contributed by atoms with Crippen LogP contribution in [0.25, 0.3) is 0 Å². The van der Waals surface area contributed by atoms with Gasteiger partial charge in [-0.05, 0) is 38.7 Å². The molecule has 0 saturated carbocycles. The molecule has 2 aromatic rings. The molecule has 2 nitrogen and oxygen atoms in total. The van der Waals surface area contributed by atoms with Crippen molar-refractivity contribution in [3.63, 3.8) is 0 Å². The number of hydrogen-bond donors (Lipinski definition) is 1. The van der Waals surface area contributed by atoms with Crippen LogP contribution in [-0.2, 0) is 16.7 Å². The van der Waals surface area contributed by atoms with E-state index >= 15 is 0 Å². The monoisotopic (exact) mass is 352 g/mol. The molecule has 0 bridgehead atoms. The minimum Gasteiger partial charge on any atom is -0.375 e. The zero-order valence-corrected chi connectivity index (χ0v) is 16.6. The maximum Gasteiger partial charge on any atom is 0.101 e. The molecule has 2 heteroatoms. The van der Waals surface area contributed by atoms with Crippen LogP contribution in [0, 0.1) is 6.92 Å². The minimum atomic E-state index is 0.00255. The lowest BCUT2D eigenvalue weighted by molar-refractivity contribution is -0.672. The molecule has 0 amide bonds. The van der Waals surface area contributed by atoms with Crippen molar-refractivity contribution in [2.24, 2.45) is 0 Å². The van der Waals surface area contributed by atoms with Crippen LogP contribution in [0.2, 0.25) is 0 Å². The molecule has 1 saturated heterocycles. The minimum absolute atomic E-state index is 0.00255. The van der Waals surface area contributed by atoms with Crippen LogP contribution in [0.5, 0.6) is 0 Å². The van der Waals surface area contributed by atoms with Crippen LogP contribution < -0.4 is 5.32 Å². The molecule has 1 aliphatic heterocycles. The van der Waals surface area contributed by atoms with Gasteiger partial charge in [-0.3, -0.25) is 0 Å². The average Bonchev–Trinajstić information content (AvgIpc) is 2.67. The first kappa shape index (κ1) is 19.1. The summed E-state index contributed by atoms with van der Waals surface area (Å²) in [7, 11) is 0. The van der Waals surface area contributed by atoms with Gasteiger partial charge in [-0.2, -0.15) is 0 Å². The maximum atomic E-state index is 6.18. The van der Waals surface area contributed by atoms with Gasteiger partial charge < -0.3 is 10.1 Å². The summed E-state index contributed by atoms with van der Waals surface area (Å²) >= 11 is 0. The normalized spacial score (nSPS) is 26.0. The Kier molecular flexibility index (Phi) is 6.16. The van der Waals surface area contributed by atoms with Crippen molar-refractivity contribution in [1.29, 1.82) is 0 Å². The van der Waals surface area contributed by atoms with Crippen LogP contribution in [0.1, 0.15) is 56.2 Å². The summed E-state index contributed by atoms with van der Waals surface area (Å²) in [5.41, 5.74) is 4.48. The molecule has 2 aromatic carbocycles. The lowest BCUT2D eigenvalue weighted by Crippen LogP contribution is -2.83. The number of benzene rings is 2. The van der Waals surface area contributed by atoms with Crippen LogP contribution in [0.15, 0.2) is 54.6 Å². The Bertz CT molecular complexity index is 681. The van der Waals surface area contributed by atoms with Gasteiger partial charge in [0, 0.05) is 24.0 Å². The summed E-state index contributed by atoms with van der Waals surface area (Å²) in [5, 5.41) is 2.46. The van der Waals surface area contributed by atoms with Gasteiger partial charge in [-0.25, -0.2) is 0 Å². The highest BCUT2D eigenvalue weighted by Crippen LogP contribution is 2.45. The first-order valence-corrected chi connectivity index (χ1v) is 10.1. The van der Waals surface area contributed by atoms with Gasteiger partial charge in [0.25, 0.3) is 0 Å².